The minimum absolute atomic E-state index is 0.00624. The minimum Gasteiger partial charge on any atom is -0.399 e. The highest BCUT2D eigenvalue weighted by molar-refractivity contribution is 7.99. The van der Waals surface area contributed by atoms with Gasteiger partial charge in [0.1, 0.15) is 0 Å². The van der Waals surface area contributed by atoms with Crippen LogP contribution in [0.25, 0.3) is 0 Å². The SMILES string of the molecule is Nc1cccc(C2OC(CSc3ccccn3)C(c3ccccc3)C(c3ccc(CO)cc3)O2)c1. The first-order chi connectivity index (χ1) is 17.2. The van der Waals surface area contributed by atoms with Crippen molar-refractivity contribution >= 4 is 17.4 Å². The van der Waals surface area contributed by atoms with Crippen molar-refractivity contribution in [2.75, 3.05) is 11.5 Å². The first-order valence-corrected chi connectivity index (χ1v) is 12.6. The Labute approximate surface area is 209 Å². The number of hydrogen-bond acceptors (Lipinski definition) is 6. The molecule has 35 heavy (non-hydrogen) atoms. The van der Waals surface area contributed by atoms with Crippen LogP contribution in [0.2, 0.25) is 0 Å². The number of pyridine rings is 1. The van der Waals surface area contributed by atoms with Crippen LogP contribution in [-0.2, 0) is 16.1 Å². The van der Waals surface area contributed by atoms with Crippen LogP contribution < -0.4 is 5.73 Å². The lowest BCUT2D eigenvalue weighted by Gasteiger charge is -2.43. The van der Waals surface area contributed by atoms with Gasteiger partial charge in [-0.2, -0.15) is 0 Å². The molecule has 4 aromatic rings. The average Bonchev–Trinajstić information content (AvgIpc) is 2.92. The van der Waals surface area contributed by atoms with Gasteiger partial charge in [-0.05, 0) is 41.0 Å². The highest BCUT2D eigenvalue weighted by atomic mass is 32.2. The van der Waals surface area contributed by atoms with Crippen molar-refractivity contribution in [2.24, 2.45) is 0 Å². The molecule has 4 unspecified atom stereocenters. The number of aliphatic hydroxyl groups is 1. The summed E-state index contributed by atoms with van der Waals surface area (Å²) in [6.07, 6.45) is 0.852. The van der Waals surface area contributed by atoms with Crippen LogP contribution in [0, 0.1) is 0 Å². The highest BCUT2D eigenvalue weighted by Gasteiger charge is 2.41. The van der Waals surface area contributed by atoms with E-state index in [2.05, 4.69) is 17.1 Å². The summed E-state index contributed by atoms with van der Waals surface area (Å²) in [4.78, 5) is 4.48. The van der Waals surface area contributed by atoms with Crippen LogP contribution in [0.15, 0.2) is 108 Å². The molecule has 4 atom stereocenters. The first-order valence-electron chi connectivity index (χ1n) is 11.7. The second-order valence-electron chi connectivity index (χ2n) is 8.55. The van der Waals surface area contributed by atoms with E-state index in [9.17, 15) is 5.11 Å². The molecule has 6 heteroatoms. The number of rotatable bonds is 7. The Morgan fingerprint density at radius 2 is 1.57 bits per heavy atom. The Balaban J connectivity index is 1.54. The van der Waals surface area contributed by atoms with E-state index >= 15 is 0 Å². The number of ether oxygens (including phenoxy) is 2. The number of aromatic nitrogens is 1. The van der Waals surface area contributed by atoms with Crippen LogP contribution >= 0.6 is 11.8 Å². The van der Waals surface area contributed by atoms with Crippen molar-refractivity contribution in [3.8, 4) is 0 Å². The number of hydrogen-bond donors (Lipinski definition) is 2. The second kappa shape index (κ2) is 11.1. The molecular weight excluding hydrogens is 456 g/mol. The largest absolute Gasteiger partial charge is 0.399 e. The summed E-state index contributed by atoms with van der Waals surface area (Å²) in [5.74, 6) is 0.675. The molecule has 3 aromatic carbocycles. The lowest BCUT2D eigenvalue weighted by Crippen LogP contribution is -2.38. The number of nitrogens with two attached hydrogens (primary N) is 1. The first kappa shape index (κ1) is 23.6. The number of thioether (sulfide) groups is 1. The van der Waals surface area contributed by atoms with E-state index in [1.807, 2.05) is 91.1 Å². The van der Waals surface area contributed by atoms with Crippen molar-refractivity contribution in [3.63, 3.8) is 0 Å². The van der Waals surface area contributed by atoms with Crippen molar-refractivity contribution in [1.29, 1.82) is 0 Å². The van der Waals surface area contributed by atoms with E-state index in [-0.39, 0.29) is 24.7 Å². The maximum atomic E-state index is 9.53. The van der Waals surface area contributed by atoms with Gasteiger partial charge in [-0.15, -0.1) is 11.8 Å². The fraction of sp³-hybridized carbons (Fsp3) is 0.207. The van der Waals surface area contributed by atoms with Crippen molar-refractivity contribution in [3.05, 3.63) is 126 Å². The molecule has 0 radical (unpaired) electrons. The van der Waals surface area contributed by atoms with Gasteiger partial charge in [0.15, 0.2) is 6.29 Å². The van der Waals surface area contributed by atoms with Crippen LogP contribution in [0.5, 0.6) is 0 Å². The van der Waals surface area contributed by atoms with Gasteiger partial charge in [0.25, 0.3) is 0 Å². The topological polar surface area (TPSA) is 77.6 Å². The Hall–Kier alpha value is -3.16. The maximum absolute atomic E-state index is 9.53. The summed E-state index contributed by atoms with van der Waals surface area (Å²) in [6.45, 7) is 0.00624. The van der Waals surface area contributed by atoms with E-state index in [1.165, 1.54) is 0 Å². The molecule has 0 spiro atoms. The Bertz CT molecular complexity index is 1220. The van der Waals surface area contributed by atoms with E-state index in [0.717, 1.165) is 27.3 Å². The predicted octanol–water partition coefficient (Wildman–Crippen LogP) is 5.89. The molecular formula is C29H28N2O3S. The number of aliphatic hydroxyl groups excluding tert-OH is 1. The van der Waals surface area contributed by atoms with Gasteiger partial charge in [0.05, 0.1) is 23.8 Å². The molecule has 5 nitrogen and oxygen atoms in total. The van der Waals surface area contributed by atoms with E-state index < -0.39 is 6.29 Å². The van der Waals surface area contributed by atoms with Gasteiger partial charge < -0.3 is 20.3 Å². The van der Waals surface area contributed by atoms with E-state index in [4.69, 9.17) is 15.2 Å². The second-order valence-corrected chi connectivity index (χ2v) is 9.59. The summed E-state index contributed by atoms with van der Waals surface area (Å²) in [6, 6.07) is 32.0. The highest BCUT2D eigenvalue weighted by Crippen LogP contribution is 2.48. The van der Waals surface area contributed by atoms with Gasteiger partial charge >= 0.3 is 0 Å². The predicted molar refractivity (Wildman–Crippen MR) is 139 cm³/mol. The van der Waals surface area contributed by atoms with Crippen LogP contribution in [0.4, 0.5) is 5.69 Å². The average molecular weight is 485 g/mol. The Morgan fingerprint density at radius 3 is 2.29 bits per heavy atom. The molecule has 1 saturated heterocycles. The van der Waals surface area contributed by atoms with Crippen molar-refractivity contribution in [1.82, 2.24) is 4.98 Å². The Morgan fingerprint density at radius 1 is 0.800 bits per heavy atom. The fourth-order valence-corrected chi connectivity index (χ4v) is 5.39. The smallest absolute Gasteiger partial charge is 0.185 e. The molecule has 0 aliphatic carbocycles. The maximum Gasteiger partial charge on any atom is 0.185 e. The zero-order chi connectivity index (χ0) is 24.0. The van der Waals surface area contributed by atoms with E-state index in [0.29, 0.717) is 11.4 Å². The van der Waals surface area contributed by atoms with Crippen molar-refractivity contribution in [2.45, 2.75) is 36.0 Å². The summed E-state index contributed by atoms with van der Waals surface area (Å²) >= 11 is 1.68. The number of benzene rings is 3. The molecule has 178 valence electrons. The molecule has 1 aliphatic rings. The van der Waals surface area contributed by atoms with E-state index in [1.54, 1.807) is 11.8 Å². The summed E-state index contributed by atoms with van der Waals surface area (Å²) < 4.78 is 13.3. The van der Waals surface area contributed by atoms with Crippen LogP contribution in [0.1, 0.15) is 40.6 Å². The fourth-order valence-electron chi connectivity index (χ4n) is 4.46. The molecule has 0 amide bonds. The number of nitrogen functional groups attached to an aromatic ring is 1. The normalized spacial score (nSPS) is 22.1. The molecule has 0 saturated carbocycles. The molecule has 1 fully saturated rings. The summed E-state index contributed by atoms with van der Waals surface area (Å²) in [5, 5.41) is 10.5. The molecule has 2 heterocycles. The number of nitrogens with zero attached hydrogens (tertiary/aromatic N) is 1. The Kier molecular flexibility index (Phi) is 7.45. The molecule has 3 N–H and O–H groups in total. The standard InChI is InChI=1S/C29H28N2O3S/c30-24-10-6-9-23(17-24)29-33-25(19-35-26-11-4-5-16-31-26)27(21-7-2-1-3-8-21)28(34-29)22-14-12-20(18-32)13-15-22/h1-17,25,27-29,32H,18-19,30H2. The minimum atomic E-state index is -0.560. The van der Waals surface area contributed by atoms with Crippen LogP contribution in [0.3, 0.4) is 0 Å². The molecule has 1 aromatic heterocycles. The van der Waals surface area contributed by atoms with Crippen molar-refractivity contribution < 1.29 is 14.6 Å². The monoisotopic (exact) mass is 484 g/mol. The number of anilines is 1. The van der Waals surface area contributed by atoms with Gasteiger partial charge in [-0.1, -0.05) is 72.8 Å². The molecule has 1 aliphatic heterocycles. The van der Waals surface area contributed by atoms with Crippen LogP contribution in [-0.4, -0.2) is 21.9 Å². The van der Waals surface area contributed by atoms with Gasteiger partial charge in [-0.3, -0.25) is 0 Å². The molecule has 0 bridgehead atoms. The lowest BCUT2D eigenvalue weighted by molar-refractivity contribution is -0.255. The van der Waals surface area contributed by atoms with Gasteiger partial charge in [0, 0.05) is 29.1 Å². The summed E-state index contributed by atoms with van der Waals surface area (Å²) in [7, 11) is 0. The van der Waals surface area contributed by atoms with Gasteiger partial charge in [-0.25, -0.2) is 4.98 Å². The zero-order valence-corrected chi connectivity index (χ0v) is 20.1. The third-order valence-electron chi connectivity index (χ3n) is 6.19. The lowest BCUT2D eigenvalue weighted by atomic mass is 9.84. The quantitative estimate of drug-likeness (QED) is 0.252. The van der Waals surface area contributed by atoms with Gasteiger partial charge in [0.2, 0.25) is 0 Å². The zero-order valence-electron chi connectivity index (χ0n) is 19.2. The molecule has 5 rings (SSSR count). The third kappa shape index (κ3) is 5.57. The third-order valence-corrected chi connectivity index (χ3v) is 7.22. The summed E-state index contributed by atoms with van der Waals surface area (Å²) in [5.41, 5.74) is 10.7.